The molecule has 0 aromatic heterocycles. The number of methoxy groups -OCH3 is 2. The van der Waals surface area contributed by atoms with E-state index in [4.69, 9.17) is 18.9 Å². The number of hydrogen-bond donors (Lipinski definition) is 0. The number of benzene rings is 5. The van der Waals surface area contributed by atoms with Gasteiger partial charge < -0.3 is 18.9 Å². The van der Waals surface area contributed by atoms with Gasteiger partial charge in [-0.05, 0) is 83.5 Å². The lowest BCUT2D eigenvalue weighted by Gasteiger charge is -2.42. The van der Waals surface area contributed by atoms with E-state index in [1.807, 2.05) is 48.5 Å². The highest BCUT2D eigenvalue weighted by Gasteiger charge is 2.33. The molecule has 0 saturated heterocycles. The molecule has 5 aromatic rings. The first-order chi connectivity index (χ1) is 22.1. The molecule has 2 atom stereocenters. The smallest absolute Gasteiger partial charge is 0.162 e. The zero-order valence-corrected chi connectivity index (χ0v) is 26.3. The van der Waals surface area contributed by atoms with Crippen molar-refractivity contribution < 1.29 is 18.9 Å². The molecule has 0 unspecified atom stereocenters. The topological polar surface area (TPSA) is 40.2 Å². The zero-order valence-electron chi connectivity index (χ0n) is 26.3. The highest BCUT2D eigenvalue weighted by Crippen LogP contribution is 2.44. The van der Waals surface area contributed by atoms with Crippen LogP contribution in [0.4, 0.5) is 0 Å². The predicted molar refractivity (Wildman–Crippen MR) is 179 cm³/mol. The van der Waals surface area contributed by atoms with Crippen molar-refractivity contribution in [1.82, 2.24) is 4.90 Å². The Morgan fingerprint density at radius 2 is 1.29 bits per heavy atom. The molecule has 0 bridgehead atoms. The second-order valence-corrected chi connectivity index (χ2v) is 11.5. The van der Waals surface area contributed by atoms with Crippen molar-refractivity contribution in [2.45, 2.75) is 45.1 Å². The number of hydrogen-bond acceptors (Lipinski definition) is 5. The summed E-state index contributed by atoms with van der Waals surface area (Å²) in [7, 11) is 3.45. The van der Waals surface area contributed by atoms with Gasteiger partial charge in [0, 0.05) is 18.6 Å². The molecule has 1 aliphatic rings. The quantitative estimate of drug-likeness (QED) is 0.143. The number of nitrogens with zero attached hydrogens (tertiary/aromatic N) is 1. The summed E-state index contributed by atoms with van der Waals surface area (Å²) in [6.07, 6.45) is 1.68. The van der Waals surface area contributed by atoms with Crippen LogP contribution in [0, 0.1) is 0 Å². The molecule has 1 heterocycles. The van der Waals surface area contributed by atoms with Crippen LogP contribution in [-0.2, 0) is 26.1 Å². The van der Waals surface area contributed by atoms with Crippen LogP contribution >= 0.6 is 0 Å². The Morgan fingerprint density at radius 3 is 1.93 bits per heavy atom. The Labute approximate surface area is 267 Å². The van der Waals surface area contributed by atoms with Gasteiger partial charge in [-0.25, -0.2) is 0 Å². The third-order valence-corrected chi connectivity index (χ3v) is 8.75. The first-order valence-corrected chi connectivity index (χ1v) is 15.6. The molecule has 0 fully saturated rings. The second kappa shape index (κ2) is 14.4. The van der Waals surface area contributed by atoms with Gasteiger partial charge >= 0.3 is 0 Å². The van der Waals surface area contributed by atoms with Crippen molar-refractivity contribution in [3.05, 3.63) is 155 Å². The lowest BCUT2D eigenvalue weighted by atomic mass is 9.86. The second-order valence-electron chi connectivity index (χ2n) is 11.5. The molecule has 0 spiro atoms. The number of rotatable bonds is 12. The fraction of sp³-hybridized carbons (Fsp3) is 0.250. The van der Waals surface area contributed by atoms with E-state index in [0.717, 1.165) is 59.1 Å². The van der Waals surface area contributed by atoms with Crippen molar-refractivity contribution in [3.63, 3.8) is 0 Å². The molecule has 0 N–H and O–H groups in total. The summed E-state index contributed by atoms with van der Waals surface area (Å²) in [4.78, 5) is 2.61. The zero-order chi connectivity index (χ0) is 31.0. The van der Waals surface area contributed by atoms with Crippen molar-refractivity contribution >= 4 is 0 Å². The summed E-state index contributed by atoms with van der Waals surface area (Å²) < 4.78 is 24.4. The maximum Gasteiger partial charge on any atom is 0.162 e. The maximum absolute atomic E-state index is 6.41. The highest BCUT2D eigenvalue weighted by molar-refractivity contribution is 5.51. The van der Waals surface area contributed by atoms with Crippen LogP contribution in [0.25, 0.3) is 0 Å². The lowest BCUT2D eigenvalue weighted by molar-refractivity contribution is 0.130. The number of fused-ring (bicyclic) bond motifs is 1. The minimum absolute atomic E-state index is 0.0761. The molecule has 5 aromatic carbocycles. The molecular formula is C40H41NO4. The van der Waals surface area contributed by atoms with Gasteiger partial charge in [-0.3, -0.25) is 4.90 Å². The van der Waals surface area contributed by atoms with E-state index in [2.05, 4.69) is 84.6 Å². The summed E-state index contributed by atoms with van der Waals surface area (Å²) >= 11 is 0. The summed E-state index contributed by atoms with van der Waals surface area (Å²) in [5.41, 5.74) is 7.20. The van der Waals surface area contributed by atoms with Gasteiger partial charge in [0.25, 0.3) is 0 Å². The van der Waals surface area contributed by atoms with Gasteiger partial charge in [0.05, 0.1) is 14.2 Å². The van der Waals surface area contributed by atoms with Crippen LogP contribution in [0.2, 0.25) is 0 Å². The largest absolute Gasteiger partial charge is 0.496 e. The summed E-state index contributed by atoms with van der Waals surface area (Å²) in [5, 5.41) is 0. The fourth-order valence-electron chi connectivity index (χ4n) is 6.30. The normalized spacial score (nSPS) is 15.1. The van der Waals surface area contributed by atoms with Crippen LogP contribution in [0.1, 0.15) is 52.4 Å². The summed E-state index contributed by atoms with van der Waals surface area (Å²) in [6.45, 7) is 4.21. The molecule has 6 rings (SSSR count). The maximum atomic E-state index is 6.41. The third-order valence-electron chi connectivity index (χ3n) is 8.75. The molecule has 0 radical (unpaired) electrons. The Morgan fingerprint density at radius 1 is 0.667 bits per heavy atom. The summed E-state index contributed by atoms with van der Waals surface area (Å²) in [6, 6.07) is 42.1. The van der Waals surface area contributed by atoms with Crippen LogP contribution in [0.5, 0.6) is 23.0 Å². The Balaban J connectivity index is 1.36. The fourth-order valence-corrected chi connectivity index (χ4v) is 6.30. The van der Waals surface area contributed by atoms with Crippen LogP contribution in [0.15, 0.2) is 121 Å². The lowest BCUT2D eigenvalue weighted by Crippen LogP contribution is -2.38. The van der Waals surface area contributed by atoms with Gasteiger partial charge in [0.15, 0.2) is 11.5 Å². The van der Waals surface area contributed by atoms with Crippen molar-refractivity contribution in [2.75, 3.05) is 20.8 Å². The van der Waals surface area contributed by atoms with E-state index in [1.165, 1.54) is 16.7 Å². The third kappa shape index (κ3) is 7.16. The van der Waals surface area contributed by atoms with Gasteiger partial charge in [0.2, 0.25) is 0 Å². The van der Waals surface area contributed by atoms with Gasteiger partial charge in [-0.2, -0.15) is 0 Å². The molecule has 0 aliphatic carbocycles. The van der Waals surface area contributed by atoms with Crippen LogP contribution in [-0.4, -0.2) is 25.7 Å². The Bertz CT molecular complexity index is 1670. The van der Waals surface area contributed by atoms with E-state index in [9.17, 15) is 0 Å². The molecule has 5 nitrogen and oxygen atoms in total. The number of ether oxygens (including phenoxy) is 4. The van der Waals surface area contributed by atoms with Crippen molar-refractivity contribution in [3.8, 4) is 23.0 Å². The van der Waals surface area contributed by atoms with Gasteiger partial charge in [-0.15, -0.1) is 0 Å². The Kier molecular flexibility index (Phi) is 9.67. The van der Waals surface area contributed by atoms with Crippen LogP contribution in [0.3, 0.4) is 0 Å². The molecular weight excluding hydrogens is 558 g/mol. The standard InChI is InChI=1S/C40H41NO4/c1-29(32-17-11-6-12-18-32)41-22-21-33-25-39(43-3)40(45-28-31-15-9-5-10-16-31)26-36(33)37(41)24-34-23-35(19-20-38(34)42-2)44-27-30-13-7-4-8-14-30/h4-20,23,25-26,29,37H,21-22,24,27-28H2,1-3H3/t29-,37-/m0/s1. The molecule has 0 amide bonds. The average molecular weight is 600 g/mol. The van der Waals surface area contributed by atoms with Gasteiger partial charge in [0.1, 0.15) is 24.7 Å². The van der Waals surface area contributed by atoms with E-state index < -0.39 is 0 Å². The average Bonchev–Trinajstić information content (AvgIpc) is 3.10. The molecule has 230 valence electrons. The summed E-state index contributed by atoms with van der Waals surface area (Å²) in [5.74, 6) is 3.21. The van der Waals surface area contributed by atoms with E-state index >= 15 is 0 Å². The predicted octanol–water partition coefficient (Wildman–Crippen LogP) is 8.76. The van der Waals surface area contributed by atoms with Gasteiger partial charge in [-0.1, -0.05) is 91.0 Å². The SMILES string of the molecule is COc1ccc(OCc2ccccc2)cc1C[C@H]1c2cc(OCc3ccccc3)c(OC)cc2CCN1[C@@H](C)c1ccccc1. The minimum Gasteiger partial charge on any atom is -0.496 e. The first-order valence-electron chi connectivity index (χ1n) is 15.6. The highest BCUT2D eigenvalue weighted by atomic mass is 16.5. The monoisotopic (exact) mass is 599 g/mol. The molecule has 0 saturated carbocycles. The molecule has 5 heteroatoms. The van der Waals surface area contributed by atoms with E-state index in [0.29, 0.717) is 13.2 Å². The molecule has 1 aliphatic heterocycles. The van der Waals surface area contributed by atoms with Crippen LogP contribution < -0.4 is 18.9 Å². The van der Waals surface area contributed by atoms with Crippen molar-refractivity contribution in [1.29, 1.82) is 0 Å². The van der Waals surface area contributed by atoms with E-state index in [-0.39, 0.29) is 12.1 Å². The first kappa shape index (κ1) is 30.3. The van der Waals surface area contributed by atoms with E-state index in [1.54, 1.807) is 14.2 Å². The van der Waals surface area contributed by atoms with Crippen molar-refractivity contribution in [2.24, 2.45) is 0 Å². The molecule has 45 heavy (non-hydrogen) atoms. The Hall–Kier alpha value is -4.74. The minimum atomic E-state index is 0.0761.